The van der Waals surface area contributed by atoms with E-state index in [0.717, 1.165) is 32.0 Å². The number of anilines is 1. The molecule has 0 spiro atoms. The van der Waals surface area contributed by atoms with E-state index < -0.39 is 24.5 Å². The van der Waals surface area contributed by atoms with Crippen LogP contribution in [0, 0.1) is 0 Å². The van der Waals surface area contributed by atoms with Crippen molar-refractivity contribution >= 4 is 17.0 Å². The zero-order valence-electron chi connectivity index (χ0n) is 13.9. The van der Waals surface area contributed by atoms with Gasteiger partial charge in [-0.3, -0.25) is 4.57 Å². The molecule has 2 aliphatic heterocycles. The predicted molar refractivity (Wildman–Crippen MR) is 88.0 cm³/mol. The Hall–Kier alpha value is -1.85. The Labute approximate surface area is 144 Å². The van der Waals surface area contributed by atoms with Gasteiger partial charge in [-0.05, 0) is 7.05 Å². The number of aliphatic hydroxyl groups is 3. The van der Waals surface area contributed by atoms with E-state index in [1.54, 1.807) is 4.57 Å². The van der Waals surface area contributed by atoms with Gasteiger partial charge in [0, 0.05) is 26.2 Å². The molecule has 4 heterocycles. The standard InChI is InChI=1S/C15H22N6O4/c1-19-2-4-20(5-3-19)13-10-14(17-7-16-13)21(8-18-10)15-12(24)11(23)9(6-22)25-15/h7-9,11-12,15,22-24H,2-6H2,1H3/t9-,11-,12-,15?/m1/s1. The minimum absolute atomic E-state index is 0.372. The molecule has 2 aromatic heterocycles. The van der Waals surface area contributed by atoms with Gasteiger partial charge < -0.3 is 29.9 Å². The zero-order chi connectivity index (χ0) is 17.6. The lowest BCUT2D eigenvalue weighted by atomic mass is 10.1. The number of ether oxygens (including phenoxy) is 1. The Morgan fingerprint density at radius 3 is 2.56 bits per heavy atom. The second-order valence-electron chi connectivity index (χ2n) is 6.54. The lowest BCUT2D eigenvalue weighted by molar-refractivity contribution is -0.0511. The molecular weight excluding hydrogens is 328 g/mol. The molecule has 136 valence electrons. The van der Waals surface area contributed by atoms with Crippen LogP contribution in [-0.2, 0) is 4.74 Å². The van der Waals surface area contributed by atoms with Crippen LogP contribution in [0.5, 0.6) is 0 Å². The predicted octanol–water partition coefficient (Wildman–Crippen LogP) is -1.81. The van der Waals surface area contributed by atoms with E-state index >= 15 is 0 Å². The topological polar surface area (TPSA) is 120 Å². The Bertz CT molecular complexity index is 747. The number of fused-ring (bicyclic) bond motifs is 1. The summed E-state index contributed by atoms with van der Waals surface area (Å²) in [5.74, 6) is 0.753. The Balaban J connectivity index is 1.68. The third-order valence-electron chi connectivity index (χ3n) is 4.93. The SMILES string of the molecule is CN1CCN(c2ncnc3c2ncn3C2O[C@H](CO)[C@@H](O)[C@H]2O)CC1. The molecule has 4 atom stereocenters. The molecule has 4 rings (SSSR count). The van der Waals surface area contributed by atoms with Gasteiger partial charge in [0.1, 0.15) is 24.6 Å². The maximum atomic E-state index is 10.2. The van der Waals surface area contributed by atoms with Crippen molar-refractivity contribution in [3.05, 3.63) is 12.7 Å². The fraction of sp³-hybridized carbons (Fsp3) is 0.667. The highest BCUT2D eigenvalue weighted by Crippen LogP contribution is 2.32. The van der Waals surface area contributed by atoms with Crippen molar-refractivity contribution in [2.45, 2.75) is 24.5 Å². The summed E-state index contributed by atoms with van der Waals surface area (Å²) in [5, 5.41) is 29.5. The number of hydrogen-bond acceptors (Lipinski definition) is 9. The van der Waals surface area contributed by atoms with Crippen LogP contribution in [0.25, 0.3) is 11.2 Å². The molecule has 10 heteroatoms. The first kappa shape index (κ1) is 16.6. The minimum Gasteiger partial charge on any atom is -0.394 e. The summed E-state index contributed by atoms with van der Waals surface area (Å²) in [5.41, 5.74) is 1.16. The van der Waals surface area contributed by atoms with Gasteiger partial charge in [-0.1, -0.05) is 0 Å². The first-order valence-corrected chi connectivity index (χ1v) is 8.33. The number of hydrogen-bond donors (Lipinski definition) is 3. The number of imidazole rings is 1. The third kappa shape index (κ3) is 2.75. The lowest BCUT2D eigenvalue weighted by Gasteiger charge is -2.33. The molecule has 0 radical (unpaired) electrons. The molecule has 10 nitrogen and oxygen atoms in total. The monoisotopic (exact) mass is 350 g/mol. The number of aliphatic hydroxyl groups excluding tert-OH is 3. The summed E-state index contributed by atoms with van der Waals surface area (Å²) in [4.78, 5) is 17.5. The first-order valence-electron chi connectivity index (χ1n) is 8.33. The van der Waals surface area contributed by atoms with Crippen LogP contribution in [0.15, 0.2) is 12.7 Å². The third-order valence-corrected chi connectivity index (χ3v) is 4.93. The largest absolute Gasteiger partial charge is 0.394 e. The van der Waals surface area contributed by atoms with Gasteiger partial charge in [-0.2, -0.15) is 0 Å². The van der Waals surface area contributed by atoms with Gasteiger partial charge >= 0.3 is 0 Å². The highest BCUT2D eigenvalue weighted by Gasteiger charge is 2.44. The van der Waals surface area contributed by atoms with Crippen LogP contribution < -0.4 is 4.90 Å². The molecule has 1 unspecified atom stereocenters. The molecule has 3 N–H and O–H groups in total. The quantitative estimate of drug-likeness (QED) is 0.588. The van der Waals surface area contributed by atoms with Crippen LogP contribution in [0.2, 0.25) is 0 Å². The fourth-order valence-corrected chi connectivity index (χ4v) is 3.39. The van der Waals surface area contributed by atoms with E-state index in [2.05, 4.69) is 31.8 Å². The first-order chi connectivity index (χ1) is 12.1. The van der Waals surface area contributed by atoms with E-state index in [9.17, 15) is 15.3 Å². The van der Waals surface area contributed by atoms with Gasteiger partial charge in [0.15, 0.2) is 23.2 Å². The van der Waals surface area contributed by atoms with Crippen LogP contribution in [-0.4, -0.2) is 97.9 Å². The molecule has 2 aliphatic rings. The molecule has 25 heavy (non-hydrogen) atoms. The summed E-state index contributed by atoms with van der Waals surface area (Å²) in [6, 6.07) is 0. The van der Waals surface area contributed by atoms with Gasteiger partial charge in [0.25, 0.3) is 0 Å². The minimum atomic E-state index is -1.17. The highest BCUT2D eigenvalue weighted by molar-refractivity contribution is 5.83. The van der Waals surface area contributed by atoms with E-state index in [1.807, 2.05) is 0 Å². The van der Waals surface area contributed by atoms with E-state index in [-0.39, 0.29) is 6.61 Å². The molecule has 2 saturated heterocycles. The normalized spacial score (nSPS) is 31.1. The maximum Gasteiger partial charge on any atom is 0.167 e. The van der Waals surface area contributed by atoms with Crippen LogP contribution in [0.1, 0.15) is 6.23 Å². The van der Waals surface area contributed by atoms with Crippen molar-refractivity contribution in [1.82, 2.24) is 24.4 Å². The van der Waals surface area contributed by atoms with E-state index in [1.165, 1.54) is 12.7 Å². The highest BCUT2D eigenvalue weighted by atomic mass is 16.6. The number of piperazine rings is 1. The molecule has 0 aliphatic carbocycles. The number of nitrogens with zero attached hydrogens (tertiary/aromatic N) is 6. The van der Waals surface area contributed by atoms with E-state index in [4.69, 9.17) is 4.74 Å². The van der Waals surface area contributed by atoms with Crippen molar-refractivity contribution in [2.24, 2.45) is 0 Å². The van der Waals surface area contributed by atoms with Gasteiger partial charge in [-0.25, -0.2) is 15.0 Å². The van der Waals surface area contributed by atoms with Crippen LogP contribution in [0.3, 0.4) is 0 Å². The molecule has 0 saturated carbocycles. The van der Waals surface area contributed by atoms with Gasteiger partial charge in [-0.15, -0.1) is 0 Å². The molecule has 0 bridgehead atoms. The van der Waals surface area contributed by atoms with Crippen molar-refractivity contribution in [3.8, 4) is 0 Å². The molecule has 0 aromatic carbocycles. The van der Waals surface area contributed by atoms with Gasteiger partial charge in [0.05, 0.1) is 12.9 Å². The number of rotatable bonds is 3. The second kappa shape index (κ2) is 6.46. The summed E-state index contributed by atoms with van der Waals surface area (Å²) >= 11 is 0. The Morgan fingerprint density at radius 1 is 1.12 bits per heavy atom. The van der Waals surface area contributed by atoms with Crippen LogP contribution >= 0.6 is 0 Å². The average Bonchev–Trinajstić information content (AvgIpc) is 3.17. The lowest BCUT2D eigenvalue weighted by Crippen LogP contribution is -2.44. The van der Waals surface area contributed by atoms with Crippen molar-refractivity contribution < 1.29 is 20.1 Å². The summed E-state index contributed by atoms with van der Waals surface area (Å²) in [6.45, 7) is 3.22. The second-order valence-corrected chi connectivity index (χ2v) is 6.54. The maximum absolute atomic E-state index is 10.2. The average molecular weight is 350 g/mol. The van der Waals surface area contributed by atoms with Crippen molar-refractivity contribution in [1.29, 1.82) is 0 Å². The van der Waals surface area contributed by atoms with Gasteiger partial charge in [0.2, 0.25) is 0 Å². The van der Waals surface area contributed by atoms with Crippen molar-refractivity contribution in [3.63, 3.8) is 0 Å². The smallest absolute Gasteiger partial charge is 0.167 e. The van der Waals surface area contributed by atoms with E-state index in [0.29, 0.717) is 11.2 Å². The molecule has 2 fully saturated rings. The molecule has 2 aromatic rings. The summed E-state index contributed by atoms with van der Waals surface area (Å²) in [7, 11) is 2.09. The van der Waals surface area contributed by atoms with Crippen LogP contribution in [0.4, 0.5) is 5.82 Å². The number of likely N-dealkylation sites (N-methyl/N-ethyl adjacent to an activating group) is 1. The summed E-state index contributed by atoms with van der Waals surface area (Å²) in [6.07, 6.45) is -1.03. The Kier molecular flexibility index (Phi) is 4.29. The Morgan fingerprint density at radius 2 is 1.88 bits per heavy atom. The van der Waals surface area contributed by atoms with Crippen molar-refractivity contribution in [2.75, 3.05) is 44.7 Å². The molecular formula is C15H22N6O4. The zero-order valence-corrected chi connectivity index (χ0v) is 13.9. The molecule has 0 amide bonds. The fourth-order valence-electron chi connectivity index (χ4n) is 3.39. The number of aromatic nitrogens is 4. The summed E-state index contributed by atoms with van der Waals surface area (Å²) < 4.78 is 7.16.